The molecule has 0 unspecified atom stereocenters. The van der Waals surface area contributed by atoms with E-state index in [9.17, 15) is 0 Å². The van der Waals surface area contributed by atoms with Crippen molar-refractivity contribution in [2.45, 2.75) is 0 Å². The summed E-state index contributed by atoms with van der Waals surface area (Å²) in [5, 5.41) is 2.15. The van der Waals surface area contributed by atoms with Gasteiger partial charge in [0.1, 0.15) is 0 Å². The fourth-order valence-electron chi connectivity index (χ4n) is 1.72. The highest BCUT2D eigenvalue weighted by Crippen LogP contribution is 2.24. The van der Waals surface area contributed by atoms with Crippen molar-refractivity contribution < 1.29 is 1.37 Å². The van der Waals surface area contributed by atoms with Gasteiger partial charge in [-0.3, -0.25) is 0 Å². The minimum atomic E-state index is 0.583. The van der Waals surface area contributed by atoms with Gasteiger partial charge in [0.15, 0.2) is 0 Å². The van der Waals surface area contributed by atoms with Gasteiger partial charge in [0, 0.05) is 21.8 Å². The Morgan fingerprint density at radius 3 is 2.46 bits per heavy atom. The van der Waals surface area contributed by atoms with E-state index in [0.717, 1.165) is 21.8 Å². The van der Waals surface area contributed by atoms with Crippen LogP contribution >= 0.6 is 0 Å². The Morgan fingerprint density at radius 1 is 0.846 bits per heavy atom. The SMILES string of the molecule is [2H]c1cccc2[nH]c3ccccc3c12. The predicted octanol–water partition coefficient (Wildman–Crippen LogP) is 3.32. The Bertz CT molecular complexity index is 610. The molecule has 1 aromatic heterocycles. The average Bonchev–Trinajstić information content (AvgIpc) is 2.57. The predicted molar refractivity (Wildman–Crippen MR) is 55.8 cm³/mol. The monoisotopic (exact) mass is 168 g/mol. The lowest BCUT2D eigenvalue weighted by molar-refractivity contribution is 1.55. The van der Waals surface area contributed by atoms with E-state index in [1.165, 1.54) is 0 Å². The quantitative estimate of drug-likeness (QED) is 0.530. The van der Waals surface area contributed by atoms with Crippen LogP contribution in [0.2, 0.25) is 0 Å². The molecule has 62 valence electrons. The van der Waals surface area contributed by atoms with Gasteiger partial charge >= 0.3 is 0 Å². The maximum Gasteiger partial charge on any atom is 0.0630 e. The van der Waals surface area contributed by atoms with Crippen molar-refractivity contribution >= 4 is 21.8 Å². The molecule has 2 aromatic carbocycles. The molecule has 1 heteroatoms. The topological polar surface area (TPSA) is 15.8 Å². The number of aromatic amines is 1. The summed E-state index contributed by atoms with van der Waals surface area (Å²) in [7, 11) is 0. The first-order valence-corrected chi connectivity index (χ1v) is 4.32. The zero-order valence-corrected chi connectivity index (χ0v) is 7.04. The fourth-order valence-corrected chi connectivity index (χ4v) is 1.72. The summed E-state index contributed by atoms with van der Waals surface area (Å²) >= 11 is 0. The van der Waals surface area contributed by atoms with Gasteiger partial charge in [0.05, 0.1) is 1.37 Å². The molecule has 0 saturated carbocycles. The molecule has 0 fully saturated rings. The second-order valence-corrected chi connectivity index (χ2v) is 3.13. The molecule has 0 aliphatic rings. The molecule has 1 heterocycles. The highest BCUT2D eigenvalue weighted by Gasteiger charge is 2.00. The third-order valence-corrected chi connectivity index (χ3v) is 2.32. The Kier molecular flexibility index (Phi) is 1.06. The molecule has 13 heavy (non-hydrogen) atoms. The second-order valence-electron chi connectivity index (χ2n) is 3.13. The number of aromatic nitrogens is 1. The van der Waals surface area contributed by atoms with Crippen molar-refractivity contribution in [1.82, 2.24) is 4.98 Å². The first-order valence-electron chi connectivity index (χ1n) is 4.82. The van der Waals surface area contributed by atoms with Gasteiger partial charge in [-0.05, 0) is 12.1 Å². The standard InChI is InChI=1S/C12H9N/c1-3-7-11-9(5-1)10-6-2-4-8-12(10)13-11/h1-8,13H/i5D. The van der Waals surface area contributed by atoms with Crippen LogP contribution in [0.1, 0.15) is 1.37 Å². The molecule has 3 aromatic rings. The maximum atomic E-state index is 7.84. The number of benzene rings is 2. The van der Waals surface area contributed by atoms with E-state index in [1.54, 1.807) is 0 Å². The summed E-state index contributed by atoms with van der Waals surface area (Å²) in [4.78, 5) is 3.30. The van der Waals surface area contributed by atoms with Gasteiger partial charge in [-0.1, -0.05) is 36.4 Å². The van der Waals surface area contributed by atoms with Gasteiger partial charge in [-0.25, -0.2) is 0 Å². The third kappa shape index (κ3) is 0.872. The molecule has 0 saturated heterocycles. The summed E-state index contributed by atoms with van der Waals surface area (Å²) < 4.78 is 7.84. The number of hydrogen-bond donors (Lipinski definition) is 1. The van der Waals surface area contributed by atoms with Crippen molar-refractivity contribution in [3.8, 4) is 0 Å². The van der Waals surface area contributed by atoms with Crippen molar-refractivity contribution in [2.75, 3.05) is 0 Å². The Morgan fingerprint density at radius 2 is 1.54 bits per heavy atom. The van der Waals surface area contributed by atoms with Crippen LogP contribution in [-0.2, 0) is 0 Å². The van der Waals surface area contributed by atoms with Crippen LogP contribution in [0.4, 0.5) is 0 Å². The molecule has 0 aliphatic heterocycles. The average molecular weight is 168 g/mol. The molecule has 0 spiro atoms. The first-order chi connectivity index (χ1) is 6.86. The molecule has 1 nitrogen and oxygen atoms in total. The molecule has 0 bridgehead atoms. The molecule has 0 aliphatic carbocycles. The Labute approximate surface area is 77.4 Å². The minimum absolute atomic E-state index is 0.583. The zero-order chi connectivity index (χ0) is 9.54. The lowest BCUT2D eigenvalue weighted by Crippen LogP contribution is -1.62. The Hall–Kier alpha value is -1.76. The number of hydrogen-bond acceptors (Lipinski definition) is 0. The van der Waals surface area contributed by atoms with E-state index < -0.39 is 0 Å². The van der Waals surface area contributed by atoms with Gasteiger partial charge in [-0.15, -0.1) is 0 Å². The molecular formula is C12H9N. The number of fused-ring (bicyclic) bond motifs is 3. The lowest BCUT2D eigenvalue weighted by Gasteiger charge is -1.87. The number of para-hydroxylation sites is 2. The van der Waals surface area contributed by atoms with Crippen LogP contribution in [0.15, 0.2) is 48.5 Å². The van der Waals surface area contributed by atoms with Crippen LogP contribution in [0, 0.1) is 0 Å². The fraction of sp³-hybridized carbons (Fsp3) is 0. The van der Waals surface area contributed by atoms with E-state index in [-0.39, 0.29) is 0 Å². The van der Waals surface area contributed by atoms with Gasteiger partial charge in [-0.2, -0.15) is 0 Å². The van der Waals surface area contributed by atoms with E-state index in [2.05, 4.69) is 4.98 Å². The molecule has 3 rings (SSSR count). The molecule has 0 atom stereocenters. The van der Waals surface area contributed by atoms with Crippen molar-refractivity contribution in [1.29, 1.82) is 0 Å². The van der Waals surface area contributed by atoms with Crippen LogP contribution in [0.5, 0.6) is 0 Å². The Balaban J connectivity index is 2.65. The minimum Gasteiger partial charge on any atom is -0.355 e. The molecule has 1 N–H and O–H groups in total. The first kappa shape index (κ1) is 5.81. The number of rotatable bonds is 0. The maximum absolute atomic E-state index is 7.84. The smallest absolute Gasteiger partial charge is 0.0630 e. The van der Waals surface area contributed by atoms with Gasteiger partial charge in [0.2, 0.25) is 0 Å². The van der Waals surface area contributed by atoms with Gasteiger partial charge in [0.25, 0.3) is 0 Å². The largest absolute Gasteiger partial charge is 0.355 e. The molecule has 0 radical (unpaired) electrons. The number of H-pyrrole nitrogens is 1. The van der Waals surface area contributed by atoms with Crippen molar-refractivity contribution in [2.24, 2.45) is 0 Å². The van der Waals surface area contributed by atoms with Crippen LogP contribution in [0.25, 0.3) is 21.8 Å². The van der Waals surface area contributed by atoms with E-state index >= 15 is 0 Å². The third-order valence-electron chi connectivity index (χ3n) is 2.32. The summed E-state index contributed by atoms with van der Waals surface area (Å²) in [6, 6.07) is 14.4. The van der Waals surface area contributed by atoms with Crippen LogP contribution in [0.3, 0.4) is 0 Å². The van der Waals surface area contributed by atoms with Crippen LogP contribution < -0.4 is 0 Å². The molecule has 0 amide bonds. The highest BCUT2D eigenvalue weighted by atomic mass is 14.7. The normalized spacial score (nSPS) is 12.2. The summed E-state index contributed by atoms with van der Waals surface area (Å²) in [6.07, 6.45) is 0. The van der Waals surface area contributed by atoms with E-state index in [0.29, 0.717) is 6.04 Å². The van der Waals surface area contributed by atoms with E-state index in [1.807, 2.05) is 42.5 Å². The number of nitrogens with one attached hydrogen (secondary N) is 1. The lowest BCUT2D eigenvalue weighted by atomic mass is 10.2. The van der Waals surface area contributed by atoms with E-state index in [4.69, 9.17) is 1.37 Å². The van der Waals surface area contributed by atoms with Gasteiger partial charge < -0.3 is 4.98 Å². The van der Waals surface area contributed by atoms with Crippen molar-refractivity contribution in [3.63, 3.8) is 0 Å². The van der Waals surface area contributed by atoms with Crippen molar-refractivity contribution in [3.05, 3.63) is 48.5 Å². The van der Waals surface area contributed by atoms with Crippen LogP contribution in [-0.4, -0.2) is 4.98 Å². The summed E-state index contributed by atoms with van der Waals surface area (Å²) in [5.41, 5.74) is 2.14. The second kappa shape index (κ2) is 2.36. The highest BCUT2D eigenvalue weighted by molar-refractivity contribution is 6.06. The summed E-state index contributed by atoms with van der Waals surface area (Å²) in [6.45, 7) is 0. The zero-order valence-electron chi connectivity index (χ0n) is 8.04. The molecular weight excluding hydrogens is 158 g/mol. The summed E-state index contributed by atoms with van der Waals surface area (Å²) in [5.74, 6) is 0.